The highest BCUT2D eigenvalue weighted by atomic mass is 35.5. The van der Waals surface area contributed by atoms with Gasteiger partial charge < -0.3 is 4.74 Å². The van der Waals surface area contributed by atoms with Gasteiger partial charge in [-0.15, -0.1) is 0 Å². The second-order valence-electron chi connectivity index (χ2n) is 2.15. The minimum Gasteiger partial charge on any atom is -0.489 e. The van der Waals surface area contributed by atoms with Gasteiger partial charge in [0.2, 0.25) is 0 Å². The molecule has 0 unspecified atom stereocenters. The maximum absolute atomic E-state index is 6.88. The van der Waals surface area contributed by atoms with Gasteiger partial charge in [-0.25, -0.2) is 0 Å². The molecule has 65 valence electrons. The van der Waals surface area contributed by atoms with Crippen molar-refractivity contribution in [1.82, 2.24) is 5.73 Å². The third-order valence-corrected chi connectivity index (χ3v) is 1.86. The van der Waals surface area contributed by atoms with E-state index in [2.05, 4.69) is 0 Å². The molecular formula is C8H8Cl2NO. The van der Waals surface area contributed by atoms with E-state index in [1.54, 1.807) is 18.2 Å². The maximum atomic E-state index is 6.88. The molecule has 0 aliphatic carbocycles. The maximum Gasteiger partial charge on any atom is 0.156 e. The fourth-order valence-electron chi connectivity index (χ4n) is 0.774. The number of rotatable bonds is 3. The number of ether oxygens (including phenoxy) is 1. The molecule has 1 aromatic rings. The Balaban J connectivity index is 2.81. The Morgan fingerprint density at radius 1 is 1.25 bits per heavy atom. The van der Waals surface area contributed by atoms with Crippen LogP contribution in [0.5, 0.6) is 5.75 Å². The number of benzene rings is 1. The third kappa shape index (κ3) is 2.27. The molecule has 4 heteroatoms. The van der Waals surface area contributed by atoms with Gasteiger partial charge >= 0.3 is 0 Å². The summed E-state index contributed by atoms with van der Waals surface area (Å²) in [6.45, 7) is 0.505. The molecule has 0 fully saturated rings. The van der Waals surface area contributed by atoms with E-state index in [1.807, 2.05) is 0 Å². The Morgan fingerprint density at radius 2 is 1.83 bits per heavy atom. The zero-order valence-corrected chi connectivity index (χ0v) is 7.82. The van der Waals surface area contributed by atoms with Crippen LogP contribution in [0.15, 0.2) is 18.2 Å². The summed E-state index contributed by atoms with van der Waals surface area (Å²) in [5.41, 5.74) is 6.88. The molecule has 0 amide bonds. The summed E-state index contributed by atoms with van der Waals surface area (Å²) in [6.07, 6.45) is 0. The predicted octanol–water partition coefficient (Wildman–Crippen LogP) is 2.66. The molecule has 0 aromatic heterocycles. The van der Waals surface area contributed by atoms with Crippen molar-refractivity contribution in [2.75, 3.05) is 13.2 Å². The van der Waals surface area contributed by atoms with E-state index in [0.29, 0.717) is 22.4 Å². The van der Waals surface area contributed by atoms with Crippen molar-refractivity contribution in [3.8, 4) is 5.75 Å². The Kier molecular flexibility index (Phi) is 3.66. The molecular weight excluding hydrogens is 197 g/mol. The van der Waals surface area contributed by atoms with Gasteiger partial charge in [0.25, 0.3) is 0 Å². The molecule has 1 N–H and O–H groups in total. The minimum absolute atomic E-state index is 0.196. The van der Waals surface area contributed by atoms with Crippen molar-refractivity contribution < 1.29 is 4.74 Å². The van der Waals surface area contributed by atoms with Gasteiger partial charge in [0.1, 0.15) is 6.61 Å². The SMILES string of the molecule is [NH]CCOc1c(Cl)cccc1Cl. The topological polar surface area (TPSA) is 33.0 Å². The van der Waals surface area contributed by atoms with Crippen molar-refractivity contribution in [2.45, 2.75) is 0 Å². The highest BCUT2D eigenvalue weighted by molar-refractivity contribution is 6.37. The lowest BCUT2D eigenvalue weighted by molar-refractivity contribution is 0.327. The summed E-state index contributed by atoms with van der Waals surface area (Å²) in [5.74, 6) is 0.466. The van der Waals surface area contributed by atoms with Crippen LogP contribution in [0.25, 0.3) is 0 Å². The van der Waals surface area contributed by atoms with E-state index in [1.165, 1.54) is 0 Å². The lowest BCUT2D eigenvalue weighted by atomic mass is 10.3. The van der Waals surface area contributed by atoms with E-state index in [-0.39, 0.29) is 6.54 Å². The van der Waals surface area contributed by atoms with E-state index < -0.39 is 0 Å². The number of nitrogens with one attached hydrogen (secondary N) is 1. The zero-order valence-electron chi connectivity index (χ0n) is 6.31. The first-order valence-corrected chi connectivity index (χ1v) is 4.22. The summed E-state index contributed by atoms with van der Waals surface area (Å²) < 4.78 is 5.17. The van der Waals surface area contributed by atoms with Gasteiger partial charge in [0.05, 0.1) is 10.0 Å². The Labute approximate surface area is 81.2 Å². The number of hydrogen-bond donors (Lipinski definition) is 0. The lowest BCUT2D eigenvalue weighted by Gasteiger charge is -2.07. The molecule has 0 saturated carbocycles. The van der Waals surface area contributed by atoms with E-state index in [9.17, 15) is 0 Å². The van der Waals surface area contributed by atoms with Gasteiger partial charge in [0, 0.05) is 6.54 Å². The van der Waals surface area contributed by atoms with Gasteiger partial charge in [-0.3, -0.25) is 5.73 Å². The second-order valence-corrected chi connectivity index (χ2v) is 2.96. The summed E-state index contributed by atoms with van der Waals surface area (Å²) in [7, 11) is 0. The van der Waals surface area contributed by atoms with E-state index >= 15 is 0 Å². The molecule has 1 radical (unpaired) electrons. The Bertz CT molecular complexity index is 245. The quantitative estimate of drug-likeness (QED) is 0.746. The normalized spacial score (nSPS) is 9.92. The van der Waals surface area contributed by atoms with Crippen molar-refractivity contribution in [3.05, 3.63) is 28.2 Å². The largest absolute Gasteiger partial charge is 0.489 e. The van der Waals surface area contributed by atoms with E-state index in [4.69, 9.17) is 33.7 Å². The van der Waals surface area contributed by atoms with Crippen LogP contribution in [0, 0.1) is 0 Å². The monoisotopic (exact) mass is 204 g/mol. The van der Waals surface area contributed by atoms with Gasteiger partial charge in [0.15, 0.2) is 5.75 Å². The molecule has 1 aromatic carbocycles. The molecule has 0 bridgehead atoms. The zero-order chi connectivity index (χ0) is 8.97. The highest BCUT2D eigenvalue weighted by Crippen LogP contribution is 2.31. The summed E-state index contributed by atoms with van der Waals surface area (Å²) >= 11 is 11.6. The van der Waals surface area contributed by atoms with E-state index in [0.717, 1.165) is 0 Å². The van der Waals surface area contributed by atoms with Crippen LogP contribution < -0.4 is 10.5 Å². The fourth-order valence-corrected chi connectivity index (χ4v) is 1.28. The molecule has 12 heavy (non-hydrogen) atoms. The first-order valence-electron chi connectivity index (χ1n) is 3.47. The summed E-state index contributed by atoms with van der Waals surface area (Å²) in [4.78, 5) is 0. The van der Waals surface area contributed by atoms with Gasteiger partial charge in [-0.2, -0.15) is 0 Å². The molecule has 0 atom stereocenters. The van der Waals surface area contributed by atoms with Crippen LogP contribution in [0.3, 0.4) is 0 Å². The van der Waals surface area contributed by atoms with Crippen LogP contribution in [-0.2, 0) is 0 Å². The first-order chi connectivity index (χ1) is 5.75. The average Bonchev–Trinajstić information content (AvgIpc) is 2.04. The Morgan fingerprint density at radius 3 is 2.33 bits per heavy atom. The summed E-state index contributed by atoms with van der Waals surface area (Å²) in [5, 5.41) is 0.965. The Hall–Kier alpha value is -0.440. The van der Waals surface area contributed by atoms with Crippen molar-refractivity contribution in [3.63, 3.8) is 0 Å². The molecule has 0 aliphatic heterocycles. The number of para-hydroxylation sites is 1. The van der Waals surface area contributed by atoms with Gasteiger partial charge in [-0.1, -0.05) is 29.3 Å². The van der Waals surface area contributed by atoms with Gasteiger partial charge in [-0.05, 0) is 12.1 Å². The lowest BCUT2D eigenvalue weighted by Crippen LogP contribution is -2.03. The molecule has 0 spiro atoms. The molecule has 1 rings (SSSR count). The van der Waals surface area contributed by atoms with Crippen LogP contribution in [0.2, 0.25) is 10.0 Å². The van der Waals surface area contributed by atoms with Crippen LogP contribution in [-0.4, -0.2) is 13.2 Å². The number of hydrogen-bond acceptors (Lipinski definition) is 1. The standard InChI is InChI=1S/C8H8Cl2NO/c9-6-2-1-3-7(10)8(6)12-5-4-11/h1-3,11H,4-5H2. The van der Waals surface area contributed by atoms with Crippen LogP contribution in [0.1, 0.15) is 0 Å². The average molecular weight is 205 g/mol. The highest BCUT2D eigenvalue weighted by Gasteiger charge is 2.04. The second kappa shape index (κ2) is 4.55. The van der Waals surface area contributed by atoms with Crippen LogP contribution >= 0.6 is 23.2 Å². The molecule has 2 nitrogen and oxygen atoms in total. The summed E-state index contributed by atoms with van der Waals surface area (Å²) in [6, 6.07) is 5.15. The predicted molar refractivity (Wildman–Crippen MR) is 49.9 cm³/mol. The smallest absolute Gasteiger partial charge is 0.156 e. The van der Waals surface area contributed by atoms with Crippen molar-refractivity contribution >= 4 is 23.2 Å². The minimum atomic E-state index is 0.196. The molecule has 0 aliphatic rings. The first kappa shape index (κ1) is 9.65. The number of halogens is 2. The molecule has 0 heterocycles. The molecule has 0 saturated heterocycles. The van der Waals surface area contributed by atoms with Crippen LogP contribution in [0.4, 0.5) is 0 Å². The van der Waals surface area contributed by atoms with Crippen molar-refractivity contribution in [1.29, 1.82) is 0 Å². The fraction of sp³-hybridized carbons (Fsp3) is 0.250. The van der Waals surface area contributed by atoms with Crippen molar-refractivity contribution in [2.24, 2.45) is 0 Å². The third-order valence-electron chi connectivity index (χ3n) is 1.27.